The summed E-state index contributed by atoms with van der Waals surface area (Å²) in [6, 6.07) is 0. The Morgan fingerprint density at radius 1 is 0.667 bits per heavy atom. The Morgan fingerprint density at radius 3 is 1.28 bits per heavy atom. The maximum absolute atomic E-state index is 10.9. The maximum Gasteiger partial charge on any atom is 0.355 e. The number of carbonyl (C=O) groups is 4. The van der Waals surface area contributed by atoms with Crippen LogP contribution in [0.1, 0.15) is 39.5 Å². The summed E-state index contributed by atoms with van der Waals surface area (Å²) in [5.74, 6) is -2.88. The van der Waals surface area contributed by atoms with Crippen LogP contribution < -0.4 is 0 Å². The van der Waals surface area contributed by atoms with Gasteiger partial charge in [-0.25, -0.2) is 38.7 Å². The van der Waals surface area contributed by atoms with Crippen molar-refractivity contribution in [1.29, 1.82) is 0 Å². The van der Waals surface area contributed by atoms with E-state index in [-0.39, 0.29) is 12.8 Å². The van der Waals surface area contributed by atoms with Gasteiger partial charge in [0.05, 0.1) is 12.8 Å². The lowest BCUT2D eigenvalue weighted by Gasteiger charge is -2.01. The van der Waals surface area contributed by atoms with Crippen molar-refractivity contribution in [2.75, 3.05) is 0 Å². The molecule has 102 valence electrons. The van der Waals surface area contributed by atoms with Gasteiger partial charge in [-0.2, -0.15) is 0 Å². The number of unbranched alkanes of at least 4 members (excludes halogenated alkanes) is 1. The molecule has 0 aromatic carbocycles. The van der Waals surface area contributed by atoms with Crippen molar-refractivity contribution < 1.29 is 38.7 Å². The van der Waals surface area contributed by atoms with Crippen LogP contribution in [0.5, 0.6) is 0 Å². The van der Waals surface area contributed by atoms with Crippen LogP contribution in [0, 0.1) is 0 Å². The van der Waals surface area contributed by atoms with Crippen molar-refractivity contribution in [3.05, 3.63) is 0 Å². The third-order valence-electron chi connectivity index (χ3n) is 1.52. The van der Waals surface area contributed by atoms with E-state index in [1.165, 1.54) is 0 Å². The van der Waals surface area contributed by atoms with Gasteiger partial charge in [-0.3, -0.25) is 0 Å². The Morgan fingerprint density at radius 2 is 1.00 bits per heavy atom. The average Bonchev–Trinajstić information content (AvgIpc) is 2.29. The van der Waals surface area contributed by atoms with Gasteiger partial charge >= 0.3 is 23.9 Å². The van der Waals surface area contributed by atoms with Crippen LogP contribution >= 0.6 is 0 Å². The van der Waals surface area contributed by atoms with Gasteiger partial charge in [-0.15, -0.1) is 0 Å². The summed E-state index contributed by atoms with van der Waals surface area (Å²) in [5, 5.41) is 0. The monoisotopic (exact) mass is 262 g/mol. The first kappa shape index (κ1) is 15.9. The Balaban J connectivity index is 3.49. The zero-order valence-corrected chi connectivity index (χ0v) is 10.1. The minimum Gasteiger partial charge on any atom is -0.248 e. The molecule has 8 nitrogen and oxygen atoms in total. The summed E-state index contributed by atoms with van der Waals surface area (Å²) in [6.07, 6.45) is 0.673. The predicted molar refractivity (Wildman–Crippen MR) is 54.2 cm³/mol. The van der Waals surface area contributed by atoms with Gasteiger partial charge in [0.1, 0.15) is 0 Å². The summed E-state index contributed by atoms with van der Waals surface area (Å²) >= 11 is 0. The van der Waals surface area contributed by atoms with Crippen molar-refractivity contribution in [3.8, 4) is 0 Å². The zero-order chi connectivity index (χ0) is 14.0. The van der Waals surface area contributed by atoms with E-state index in [1.807, 2.05) is 0 Å². The standard InChI is InChI=1S/C10H14O8/c1-7(11)15-17-9(13)5-3-4-6-10(14)18-16-8(2)12/h3-6H2,1-2H3. The molecule has 18 heavy (non-hydrogen) atoms. The van der Waals surface area contributed by atoms with E-state index in [9.17, 15) is 19.2 Å². The first-order valence-corrected chi connectivity index (χ1v) is 5.17. The van der Waals surface area contributed by atoms with Crippen molar-refractivity contribution in [1.82, 2.24) is 0 Å². The van der Waals surface area contributed by atoms with Gasteiger partial charge in [-0.05, 0) is 12.8 Å². The smallest absolute Gasteiger partial charge is 0.248 e. The lowest BCUT2D eigenvalue weighted by Crippen LogP contribution is -2.10. The summed E-state index contributed by atoms with van der Waals surface area (Å²) in [4.78, 5) is 58.7. The Labute approximate surface area is 103 Å². The highest BCUT2D eigenvalue weighted by Gasteiger charge is 2.09. The van der Waals surface area contributed by atoms with Gasteiger partial charge in [0.2, 0.25) is 0 Å². The third-order valence-corrected chi connectivity index (χ3v) is 1.52. The van der Waals surface area contributed by atoms with Crippen molar-refractivity contribution >= 4 is 23.9 Å². The summed E-state index contributed by atoms with van der Waals surface area (Å²) in [6.45, 7) is 2.19. The number of rotatable bonds is 5. The largest absolute Gasteiger partial charge is 0.355 e. The van der Waals surface area contributed by atoms with Crippen molar-refractivity contribution in [2.24, 2.45) is 0 Å². The van der Waals surface area contributed by atoms with Gasteiger partial charge < -0.3 is 0 Å². The lowest BCUT2D eigenvalue weighted by molar-refractivity contribution is -0.258. The fourth-order valence-corrected chi connectivity index (χ4v) is 0.832. The van der Waals surface area contributed by atoms with E-state index in [0.717, 1.165) is 13.8 Å². The van der Waals surface area contributed by atoms with Crippen LogP contribution in [0.15, 0.2) is 0 Å². The highest BCUT2D eigenvalue weighted by Crippen LogP contribution is 2.03. The summed E-state index contributed by atoms with van der Waals surface area (Å²) in [5.41, 5.74) is 0. The van der Waals surface area contributed by atoms with Gasteiger partial charge in [-0.1, -0.05) is 0 Å². The second kappa shape index (κ2) is 8.97. The molecule has 0 aliphatic rings. The van der Waals surface area contributed by atoms with E-state index < -0.39 is 23.9 Å². The predicted octanol–water partition coefficient (Wildman–Crippen LogP) is 0.589. The van der Waals surface area contributed by atoms with Crippen molar-refractivity contribution in [2.45, 2.75) is 39.5 Å². The van der Waals surface area contributed by atoms with Crippen LogP contribution in [0.4, 0.5) is 0 Å². The molecule has 0 bridgehead atoms. The molecule has 0 amide bonds. The molecule has 0 fully saturated rings. The minimum atomic E-state index is -0.728. The molecular weight excluding hydrogens is 248 g/mol. The Bertz CT molecular complexity index is 290. The summed E-state index contributed by atoms with van der Waals surface area (Å²) < 4.78 is 0. The number of hydrogen-bond donors (Lipinski definition) is 0. The molecular formula is C10H14O8. The fourth-order valence-electron chi connectivity index (χ4n) is 0.832. The highest BCUT2D eigenvalue weighted by molar-refractivity contribution is 5.72. The Kier molecular flexibility index (Phi) is 7.91. The van der Waals surface area contributed by atoms with Gasteiger partial charge in [0, 0.05) is 13.8 Å². The molecule has 0 spiro atoms. The topological polar surface area (TPSA) is 105 Å². The molecule has 0 radical (unpaired) electrons. The number of carbonyl (C=O) groups excluding carboxylic acids is 4. The van der Waals surface area contributed by atoms with Crippen molar-refractivity contribution in [3.63, 3.8) is 0 Å². The molecule has 0 unspecified atom stereocenters. The molecule has 0 aliphatic heterocycles. The molecule has 0 saturated carbocycles. The normalized spacial score (nSPS) is 9.22. The second-order valence-corrected chi connectivity index (χ2v) is 3.27. The first-order valence-electron chi connectivity index (χ1n) is 5.17. The van der Waals surface area contributed by atoms with E-state index in [2.05, 4.69) is 19.6 Å². The molecule has 0 aliphatic carbocycles. The third kappa shape index (κ3) is 10.4. The van der Waals surface area contributed by atoms with E-state index in [1.54, 1.807) is 0 Å². The molecule has 0 aromatic heterocycles. The van der Waals surface area contributed by atoms with Gasteiger partial charge in [0.15, 0.2) is 0 Å². The SMILES string of the molecule is CC(=O)OOC(=O)CCCCC(=O)OOC(C)=O. The van der Waals surface area contributed by atoms with E-state index >= 15 is 0 Å². The molecule has 8 heteroatoms. The van der Waals surface area contributed by atoms with Crippen LogP contribution in [0.3, 0.4) is 0 Å². The molecule has 0 saturated heterocycles. The molecule has 0 atom stereocenters. The van der Waals surface area contributed by atoms with E-state index in [0.29, 0.717) is 12.8 Å². The molecule has 0 N–H and O–H groups in total. The van der Waals surface area contributed by atoms with Gasteiger partial charge in [0.25, 0.3) is 0 Å². The maximum atomic E-state index is 10.9. The molecule has 0 aromatic rings. The number of hydrogen-bond acceptors (Lipinski definition) is 8. The zero-order valence-electron chi connectivity index (χ0n) is 10.1. The highest BCUT2D eigenvalue weighted by atomic mass is 17.2. The first-order chi connectivity index (χ1) is 8.41. The van der Waals surface area contributed by atoms with Crippen LogP contribution in [0.2, 0.25) is 0 Å². The average molecular weight is 262 g/mol. The molecule has 0 heterocycles. The molecule has 0 rings (SSSR count). The quantitative estimate of drug-likeness (QED) is 0.402. The lowest BCUT2D eigenvalue weighted by atomic mass is 10.2. The summed E-state index contributed by atoms with van der Waals surface area (Å²) in [7, 11) is 0. The van der Waals surface area contributed by atoms with Crippen LogP contribution in [-0.4, -0.2) is 23.9 Å². The second-order valence-electron chi connectivity index (χ2n) is 3.27. The van der Waals surface area contributed by atoms with Crippen LogP contribution in [-0.2, 0) is 38.7 Å². The van der Waals surface area contributed by atoms with Crippen LogP contribution in [0.25, 0.3) is 0 Å². The Hall–Kier alpha value is -2.12. The minimum absolute atomic E-state index is 0.00583. The fraction of sp³-hybridized carbons (Fsp3) is 0.600. The van der Waals surface area contributed by atoms with E-state index in [4.69, 9.17) is 0 Å².